The van der Waals surface area contributed by atoms with Gasteiger partial charge in [0.2, 0.25) is 5.95 Å². The van der Waals surface area contributed by atoms with Crippen LogP contribution in [-0.4, -0.2) is 42.9 Å². The van der Waals surface area contributed by atoms with Gasteiger partial charge in [0.15, 0.2) is 0 Å². The molecule has 2 aliphatic rings. The third-order valence-electron chi connectivity index (χ3n) is 5.89. The second-order valence-electron chi connectivity index (χ2n) is 8.39. The normalized spacial score (nSPS) is 18.7. The molecule has 0 radical (unpaired) electrons. The number of rotatable bonds is 5. The van der Waals surface area contributed by atoms with Gasteiger partial charge in [-0.2, -0.15) is 10.1 Å². The van der Waals surface area contributed by atoms with Gasteiger partial charge in [0.1, 0.15) is 11.2 Å². The lowest BCUT2D eigenvalue weighted by atomic mass is 10.1. The first-order chi connectivity index (χ1) is 14.0. The monoisotopic (exact) mass is 394 g/mol. The van der Waals surface area contributed by atoms with Crippen molar-refractivity contribution >= 4 is 28.4 Å². The SMILES string of the molecule is Cn1ccc2nc(Nc3cnn(C4CCNCC4)c3)nc(NC3(C)CC3)c2c1=O. The molecule has 0 bridgehead atoms. The van der Waals surface area contributed by atoms with Gasteiger partial charge in [0, 0.05) is 25.0 Å². The van der Waals surface area contributed by atoms with E-state index in [-0.39, 0.29) is 11.1 Å². The molecule has 1 saturated carbocycles. The van der Waals surface area contributed by atoms with E-state index >= 15 is 0 Å². The standard InChI is InChI=1S/C20H26N8O/c1-20(6-7-20)26-17-16-15(5-10-27(2)18(16)29)24-19(25-17)23-13-11-22-28(12-13)14-3-8-21-9-4-14/h5,10-12,14,21H,3-4,6-9H2,1-2H3,(H2,23,24,25,26). The summed E-state index contributed by atoms with van der Waals surface area (Å²) in [5.41, 5.74) is 1.37. The summed E-state index contributed by atoms with van der Waals surface area (Å²) in [6.45, 7) is 4.18. The molecule has 9 heteroatoms. The number of nitrogens with zero attached hydrogens (tertiary/aromatic N) is 5. The zero-order valence-electron chi connectivity index (χ0n) is 16.8. The summed E-state index contributed by atoms with van der Waals surface area (Å²) in [6.07, 6.45) is 9.82. The van der Waals surface area contributed by atoms with Crippen molar-refractivity contribution in [2.45, 2.75) is 44.2 Å². The van der Waals surface area contributed by atoms with Gasteiger partial charge in [-0.25, -0.2) is 4.98 Å². The topological polar surface area (TPSA) is 102 Å². The van der Waals surface area contributed by atoms with Crippen LogP contribution < -0.4 is 21.5 Å². The number of hydrogen-bond donors (Lipinski definition) is 3. The van der Waals surface area contributed by atoms with E-state index in [4.69, 9.17) is 0 Å². The Labute approximate surface area is 168 Å². The number of pyridine rings is 1. The molecule has 2 fully saturated rings. The van der Waals surface area contributed by atoms with E-state index in [0.717, 1.165) is 44.5 Å². The summed E-state index contributed by atoms with van der Waals surface area (Å²) in [5, 5.41) is 15.1. The number of anilines is 3. The average Bonchev–Trinajstić information content (AvgIpc) is 3.25. The maximum Gasteiger partial charge on any atom is 0.263 e. The predicted octanol–water partition coefficient (Wildman–Crippen LogP) is 2.16. The number of nitrogens with one attached hydrogen (secondary N) is 3. The molecular weight excluding hydrogens is 368 g/mol. The Kier molecular flexibility index (Phi) is 4.27. The lowest BCUT2D eigenvalue weighted by Gasteiger charge is -2.22. The quantitative estimate of drug-likeness (QED) is 0.609. The average molecular weight is 394 g/mol. The van der Waals surface area contributed by atoms with Crippen LogP contribution in [0.5, 0.6) is 0 Å². The van der Waals surface area contributed by atoms with Crippen molar-refractivity contribution in [3.63, 3.8) is 0 Å². The van der Waals surface area contributed by atoms with Gasteiger partial charge in [0.25, 0.3) is 5.56 Å². The van der Waals surface area contributed by atoms with Crippen molar-refractivity contribution in [1.29, 1.82) is 0 Å². The van der Waals surface area contributed by atoms with Crippen molar-refractivity contribution in [2.75, 3.05) is 23.7 Å². The minimum Gasteiger partial charge on any atom is -0.364 e. The van der Waals surface area contributed by atoms with E-state index in [0.29, 0.717) is 28.7 Å². The molecule has 0 unspecified atom stereocenters. The van der Waals surface area contributed by atoms with Gasteiger partial charge in [-0.1, -0.05) is 0 Å². The minimum atomic E-state index is -0.0977. The van der Waals surface area contributed by atoms with Crippen LogP contribution in [0, 0.1) is 0 Å². The van der Waals surface area contributed by atoms with Crippen LogP contribution in [0.2, 0.25) is 0 Å². The van der Waals surface area contributed by atoms with Crippen molar-refractivity contribution in [3.8, 4) is 0 Å². The first-order valence-corrected chi connectivity index (χ1v) is 10.2. The molecule has 0 atom stereocenters. The zero-order valence-corrected chi connectivity index (χ0v) is 16.8. The molecule has 0 aromatic carbocycles. The van der Waals surface area contributed by atoms with Gasteiger partial charge >= 0.3 is 0 Å². The molecule has 3 aromatic rings. The highest BCUT2D eigenvalue weighted by Gasteiger charge is 2.38. The Bertz CT molecular complexity index is 1110. The molecule has 3 N–H and O–H groups in total. The summed E-state index contributed by atoms with van der Waals surface area (Å²) in [4.78, 5) is 21.9. The van der Waals surface area contributed by atoms with E-state index in [1.165, 1.54) is 0 Å². The van der Waals surface area contributed by atoms with E-state index < -0.39 is 0 Å². The first-order valence-electron chi connectivity index (χ1n) is 10.2. The molecule has 9 nitrogen and oxygen atoms in total. The Hall–Kier alpha value is -2.94. The molecule has 29 heavy (non-hydrogen) atoms. The lowest BCUT2D eigenvalue weighted by molar-refractivity contribution is 0.343. The zero-order chi connectivity index (χ0) is 20.0. The van der Waals surface area contributed by atoms with E-state index in [1.807, 2.05) is 16.9 Å². The molecule has 3 aromatic heterocycles. The summed E-state index contributed by atoms with van der Waals surface area (Å²) in [6, 6.07) is 2.27. The van der Waals surface area contributed by atoms with Crippen molar-refractivity contribution in [1.82, 2.24) is 29.6 Å². The Morgan fingerprint density at radius 1 is 1.24 bits per heavy atom. The minimum absolute atomic E-state index is 0.000687. The van der Waals surface area contributed by atoms with E-state index in [1.54, 1.807) is 24.0 Å². The fourth-order valence-corrected chi connectivity index (χ4v) is 3.78. The fraction of sp³-hybridized carbons (Fsp3) is 0.500. The van der Waals surface area contributed by atoms with E-state index in [9.17, 15) is 4.79 Å². The third kappa shape index (κ3) is 3.57. The molecule has 4 heterocycles. The number of fused-ring (bicyclic) bond motifs is 1. The summed E-state index contributed by atoms with van der Waals surface area (Å²) >= 11 is 0. The molecule has 1 aliphatic heterocycles. The van der Waals surface area contributed by atoms with Crippen LogP contribution >= 0.6 is 0 Å². The highest BCUT2D eigenvalue weighted by Crippen LogP contribution is 2.39. The third-order valence-corrected chi connectivity index (χ3v) is 5.89. The second kappa shape index (κ2) is 6.84. The van der Waals surface area contributed by atoms with Crippen molar-refractivity contribution < 1.29 is 0 Å². The highest BCUT2D eigenvalue weighted by atomic mass is 16.1. The van der Waals surface area contributed by atoms with Gasteiger partial charge in [-0.3, -0.25) is 9.48 Å². The maximum atomic E-state index is 12.7. The largest absolute Gasteiger partial charge is 0.364 e. The Morgan fingerprint density at radius 2 is 2.03 bits per heavy atom. The summed E-state index contributed by atoms with van der Waals surface area (Å²) in [5.74, 6) is 1.05. The van der Waals surface area contributed by atoms with Gasteiger partial charge < -0.3 is 20.5 Å². The number of piperidine rings is 1. The molecule has 1 saturated heterocycles. The predicted molar refractivity (Wildman–Crippen MR) is 113 cm³/mol. The molecule has 5 rings (SSSR count). The smallest absolute Gasteiger partial charge is 0.263 e. The van der Waals surface area contributed by atoms with Crippen molar-refractivity contribution in [2.24, 2.45) is 7.05 Å². The molecular formula is C20H26N8O. The molecule has 152 valence electrons. The summed E-state index contributed by atoms with van der Waals surface area (Å²) in [7, 11) is 1.74. The number of aromatic nitrogens is 5. The van der Waals surface area contributed by atoms with Crippen LogP contribution in [0.25, 0.3) is 10.9 Å². The van der Waals surface area contributed by atoms with Crippen LogP contribution in [0.1, 0.15) is 38.6 Å². The number of hydrogen-bond acceptors (Lipinski definition) is 7. The van der Waals surface area contributed by atoms with Crippen LogP contribution in [0.15, 0.2) is 29.5 Å². The maximum absolute atomic E-state index is 12.7. The highest BCUT2D eigenvalue weighted by molar-refractivity contribution is 5.89. The molecule has 1 aliphatic carbocycles. The van der Waals surface area contributed by atoms with Crippen LogP contribution in [-0.2, 0) is 7.05 Å². The second-order valence-corrected chi connectivity index (χ2v) is 8.39. The first kappa shape index (κ1) is 18.1. The van der Waals surface area contributed by atoms with E-state index in [2.05, 4.69) is 37.9 Å². The van der Waals surface area contributed by atoms with Crippen LogP contribution in [0.4, 0.5) is 17.5 Å². The summed E-state index contributed by atoms with van der Waals surface area (Å²) < 4.78 is 3.58. The Morgan fingerprint density at radius 3 is 2.79 bits per heavy atom. The van der Waals surface area contributed by atoms with Crippen molar-refractivity contribution in [3.05, 3.63) is 35.0 Å². The number of aryl methyl sites for hydroxylation is 1. The lowest BCUT2D eigenvalue weighted by Crippen LogP contribution is -2.29. The Balaban J connectivity index is 1.48. The van der Waals surface area contributed by atoms with Gasteiger partial charge in [-0.15, -0.1) is 0 Å². The molecule has 0 amide bonds. The van der Waals surface area contributed by atoms with Gasteiger partial charge in [-0.05, 0) is 51.8 Å². The van der Waals surface area contributed by atoms with Gasteiger partial charge in [0.05, 0.1) is 23.4 Å². The van der Waals surface area contributed by atoms with Crippen LogP contribution in [0.3, 0.4) is 0 Å². The fourth-order valence-electron chi connectivity index (χ4n) is 3.78. The molecule has 0 spiro atoms.